The lowest BCUT2D eigenvalue weighted by atomic mass is 10.1. The summed E-state index contributed by atoms with van der Waals surface area (Å²) < 4.78 is 0. The van der Waals surface area contributed by atoms with Gasteiger partial charge in [0, 0.05) is 24.0 Å². The summed E-state index contributed by atoms with van der Waals surface area (Å²) in [6.07, 6.45) is 26.6. The first-order valence-electron chi connectivity index (χ1n) is 8.20. The monoisotopic (exact) mass is 338 g/mol. The minimum absolute atomic E-state index is 0.831. The van der Waals surface area contributed by atoms with Crippen LogP contribution in [0.4, 0.5) is 0 Å². The lowest BCUT2D eigenvalue weighted by molar-refractivity contribution is 1.23. The van der Waals surface area contributed by atoms with Gasteiger partial charge in [0.05, 0.1) is 0 Å². The summed E-state index contributed by atoms with van der Waals surface area (Å²) in [5.41, 5.74) is 4.65. The fraction of sp³-hybridized carbons (Fsp3) is 0.0833. The molecule has 25 heavy (non-hydrogen) atoms. The van der Waals surface area contributed by atoms with E-state index in [0.717, 1.165) is 24.0 Å². The summed E-state index contributed by atoms with van der Waals surface area (Å²) in [4.78, 5) is 0. The predicted molar refractivity (Wildman–Crippen MR) is 110 cm³/mol. The minimum Gasteiger partial charge on any atom is -0.106 e. The third-order valence-corrected chi connectivity index (χ3v) is 4.28. The highest BCUT2D eigenvalue weighted by molar-refractivity contribution is 8.04. The molecule has 0 fully saturated rings. The van der Waals surface area contributed by atoms with Crippen LogP contribution < -0.4 is 0 Å². The molecular weight excluding hydrogens is 320 g/mol. The van der Waals surface area contributed by atoms with Crippen molar-refractivity contribution in [2.75, 3.05) is 0 Å². The molecule has 0 aromatic rings. The van der Waals surface area contributed by atoms with Crippen molar-refractivity contribution in [3.63, 3.8) is 0 Å². The van der Waals surface area contributed by atoms with Crippen LogP contribution in [-0.2, 0) is 0 Å². The highest BCUT2D eigenvalue weighted by Gasteiger charge is 2.00. The molecule has 3 aliphatic rings. The summed E-state index contributed by atoms with van der Waals surface area (Å²) >= 11 is 1.67. The van der Waals surface area contributed by atoms with E-state index in [4.69, 9.17) is 0 Å². The summed E-state index contributed by atoms with van der Waals surface area (Å²) in [7, 11) is 0. The zero-order chi connectivity index (χ0) is 17.2. The summed E-state index contributed by atoms with van der Waals surface area (Å²) in [5, 5.41) is 4.19. The van der Waals surface area contributed by atoms with E-state index in [-0.39, 0.29) is 0 Å². The van der Waals surface area contributed by atoms with E-state index in [1.165, 1.54) is 11.1 Å². The van der Waals surface area contributed by atoms with E-state index in [1.807, 2.05) is 12.2 Å². The third-order valence-electron chi connectivity index (χ3n) is 3.67. The summed E-state index contributed by atoms with van der Waals surface area (Å²) in [5.74, 6) is 12.4. The summed E-state index contributed by atoms with van der Waals surface area (Å²) in [6.45, 7) is 0. The van der Waals surface area contributed by atoms with Crippen LogP contribution in [0.25, 0.3) is 0 Å². The van der Waals surface area contributed by atoms with Gasteiger partial charge in [-0.05, 0) is 33.8 Å². The number of thioether (sulfide) groups is 1. The molecule has 0 amide bonds. The smallest absolute Gasteiger partial charge is 0.00744 e. The van der Waals surface area contributed by atoms with Crippen LogP contribution in [0, 0.1) is 23.7 Å². The number of fused-ring (bicyclic) bond motifs is 4. The van der Waals surface area contributed by atoms with E-state index in [2.05, 4.69) is 95.3 Å². The SMILES string of the molecule is C1#CC2=CC=CC=C(/C=C/C=C\S/C=C/C3=CC=CC=C(C#C1)C3)C2. The molecule has 0 spiro atoms. The highest BCUT2D eigenvalue weighted by atomic mass is 32.2. The maximum Gasteiger partial charge on any atom is 0.00744 e. The zero-order valence-corrected chi connectivity index (χ0v) is 14.7. The fourth-order valence-corrected chi connectivity index (χ4v) is 2.97. The first kappa shape index (κ1) is 17.0. The van der Waals surface area contributed by atoms with Gasteiger partial charge in [-0.3, -0.25) is 0 Å². The number of rotatable bonds is 0. The lowest BCUT2D eigenvalue weighted by Gasteiger charge is -1.98. The Balaban J connectivity index is 1.90. The molecular formula is C24H18S. The normalized spacial score (nSPS) is 22.7. The van der Waals surface area contributed by atoms with Crippen LogP contribution in [0.1, 0.15) is 12.8 Å². The Kier molecular flexibility index (Phi) is 6.40. The molecule has 0 unspecified atom stereocenters. The molecule has 0 aromatic heterocycles. The molecule has 2 aliphatic carbocycles. The van der Waals surface area contributed by atoms with Gasteiger partial charge in [-0.2, -0.15) is 0 Å². The molecule has 120 valence electrons. The van der Waals surface area contributed by atoms with Gasteiger partial charge in [0.25, 0.3) is 0 Å². The largest absolute Gasteiger partial charge is 0.106 e. The molecule has 3 rings (SSSR count). The molecule has 0 radical (unpaired) electrons. The predicted octanol–water partition coefficient (Wildman–Crippen LogP) is 5.95. The zero-order valence-electron chi connectivity index (χ0n) is 13.9. The molecule has 0 atom stereocenters. The Morgan fingerprint density at radius 2 is 1.20 bits per heavy atom. The summed E-state index contributed by atoms with van der Waals surface area (Å²) in [6, 6.07) is 0. The topological polar surface area (TPSA) is 0 Å². The van der Waals surface area contributed by atoms with Gasteiger partial charge in [-0.1, -0.05) is 84.8 Å². The van der Waals surface area contributed by atoms with E-state index in [9.17, 15) is 0 Å². The van der Waals surface area contributed by atoms with Crippen molar-refractivity contribution in [3.05, 3.63) is 106 Å². The standard InChI is InChI=1S/C24H18S/c1-3-11-22-12-5-6-14-24(20-22)16-18-25-17-8-7-15-23-13-4-2-10-21(9-1)19-23/h2,4-8,10,12-18H,19-20H2/b15-7+,17-8-,18-16+. The molecule has 0 N–H and O–H groups in total. The van der Waals surface area contributed by atoms with Crippen LogP contribution in [0.5, 0.6) is 0 Å². The van der Waals surface area contributed by atoms with Gasteiger partial charge >= 0.3 is 0 Å². The van der Waals surface area contributed by atoms with Gasteiger partial charge in [0.1, 0.15) is 0 Å². The Morgan fingerprint density at radius 1 is 0.600 bits per heavy atom. The number of allylic oxidation sites excluding steroid dienone is 16. The van der Waals surface area contributed by atoms with Crippen LogP contribution in [0.2, 0.25) is 0 Å². The fourth-order valence-electron chi connectivity index (χ4n) is 2.44. The molecule has 1 aliphatic heterocycles. The van der Waals surface area contributed by atoms with Crippen molar-refractivity contribution < 1.29 is 0 Å². The number of hydrogen-bond acceptors (Lipinski definition) is 1. The lowest BCUT2D eigenvalue weighted by Crippen LogP contribution is -1.83. The Hall–Kier alpha value is -2.87. The quantitative estimate of drug-likeness (QED) is 0.492. The van der Waals surface area contributed by atoms with Crippen molar-refractivity contribution in [3.8, 4) is 23.7 Å². The van der Waals surface area contributed by atoms with E-state index in [0.29, 0.717) is 0 Å². The van der Waals surface area contributed by atoms with Crippen LogP contribution in [0.15, 0.2) is 106 Å². The molecule has 1 heteroatoms. The molecule has 0 saturated carbocycles. The molecule has 4 bridgehead atoms. The second-order valence-electron chi connectivity index (χ2n) is 5.62. The second kappa shape index (κ2) is 9.43. The van der Waals surface area contributed by atoms with E-state index >= 15 is 0 Å². The average Bonchev–Trinajstić information content (AvgIpc) is 2.98. The molecule has 0 aromatic carbocycles. The van der Waals surface area contributed by atoms with Crippen molar-refractivity contribution in [1.82, 2.24) is 0 Å². The van der Waals surface area contributed by atoms with Crippen LogP contribution >= 0.6 is 11.8 Å². The minimum atomic E-state index is 0.831. The van der Waals surface area contributed by atoms with Gasteiger partial charge in [0.2, 0.25) is 0 Å². The van der Waals surface area contributed by atoms with Gasteiger partial charge in [-0.15, -0.1) is 11.8 Å². The number of hydrogen-bond donors (Lipinski definition) is 0. The van der Waals surface area contributed by atoms with E-state index < -0.39 is 0 Å². The maximum absolute atomic E-state index is 3.19. The van der Waals surface area contributed by atoms with Gasteiger partial charge in [-0.25, -0.2) is 0 Å². The second-order valence-corrected chi connectivity index (χ2v) is 6.43. The van der Waals surface area contributed by atoms with Gasteiger partial charge < -0.3 is 0 Å². The molecule has 0 saturated heterocycles. The van der Waals surface area contributed by atoms with Crippen LogP contribution in [-0.4, -0.2) is 0 Å². The highest BCUT2D eigenvalue weighted by Crippen LogP contribution is 2.18. The van der Waals surface area contributed by atoms with Crippen molar-refractivity contribution in [1.29, 1.82) is 0 Å². The van der Waals surface area contributed by atoms with E-state index in [1.54, 1.807) is 11.8 Å². The Labute approximate surface area is 154 Å². The maximum atomic E-state index is 3.19. The molecule has 1 heterocycles. The Morgan fingerprint density at radius 3 is 1.88 bits per heavy atom. The molecule has 0 nitrogen and oxygen atoms in total. The van der Waals surface area contributed by atoms with Crippen molar-refractivity contribution >= 4 is 11.8 Å². The average molecular weight is 338 g/mol. The van der Waals surface area contributed by atoms with Crippen molar-refractivity contribution in [2.45, 2.75) is 12.8 Å². The third kappa shape index (κ3) is 5.92. The van der Waals surface area contributed by atoms with Gasteiger partial charge in [0.15, 0.2) is 0 Å². The Bertz CT molecular complexity index is 914. The van der Waals surface area contributed by atoms with Crippen molar-refractivity contribution in [2.24, 2.45) is 0 Å². The van der Waals surface area contributed by atoms with Crippen LogP contribution in [0.3, 0.4) is 0 Å². The first-order valence-corrected chi connectivity index (χ1v) is 9.14. The first-order chi connectivity index (χ1) is 12.4.